The number of carbonyl (C=O) groups is 1. The molecule has 2 unspecified atom stereocenters. The van der Waals surface area contributed by atoms with Crippen LogP contribution in [0, 0.1) is 0 Å². The summed E-state index contributed by atoms with van der Waals surface area (Å²) in [6.07, 6.45) is 3.25. The normalized spacial score (nSPS) is 18.3. The molecule has 8 nitrogen and oxygen atoms in total. The van der Waals surface area contributed by atoms with Gasteiger partial charge in [-0.05, 0) is 24.6 Å². The summed E-state index contributed by atoms with van der Waals surface area (Å²) in [6.45, 7) is 1.99. The van der Waals surface area contributed by atoms with E-state index in [1.165, 1.54) is 0 Å². The first-order chi connectivity index (χ1) is 14.0. The van der Waals surface area contributed by atoms with E-state index in [0.717, 1.165) is 11.3 Å². The Balaban J connectivity index is 1.63. The molecule has 3 aromatic rings. The summed E-state index contributed by atoms with van der Waals surface area (Å²) in [4.78, 5) is 25.2. The summed E-state index contributed by atoms with van der Waals surface area (Å²) in [6, 6.07) is 17.0. The maximum absolute atomic E-state index is 11.9. The van der Waals surface area contributed by atoms with E-state index in [1.54, 1.807) is 36.8 Å². The summed E-state index contributed by atoms with van der Waals surface area (Å²) >= 11 is 0. The van der Waals surface area contributed by atoms with Gasteiger partial charge in [0.05, 0.1) is 12.6 Å². The molecule has 0 amide bonds. The van der Waals surface area contributed by atoms with Gasteiger partial charge in [-0.1, -0.05) is 30.3 Å². The summed E-state index contributed by atoms with van der Waals surface area (Å²) in [5, 5.41) is 3.30. The second-order valence-corrected chi connectivity index (χ2v) is 6.87. The van der Waals surface area contributed by atoms with Gasteiger partial charge in [-0.15, -0.1) is 4.59 Å². The lowest BCUT2D eigenvalue weighted by atomic mass is 10.1. The van der Waals surface area contributed by atoms with Crippen LogP contribution in [0.4, 0.5) is 23.1 Å². The van der Waals surface area contributed by atoms with Gasteiger partial charge in [-0.25, -0.2) is 4.98 Å². The molecule has 0 spiro atoms. The van der Waals surface area contributed by atoms with E-state index in [4.69, 9.17) is 11.6 Å². The molecule has 29 heavy (non-hydrogen) atoms. The van der Waals surface area contributed by atoms with Gasteiger partial charge in [0.25, 0.3) is 5.82 Å². The number of anilines is 1. The topological polar surface area (TPSA) is 119 Å². The van der Waals surface area contributed by atoms with E-state index >= 15 is 0 Å². The van der Waals surface area contributed by atoms with Crippen LogP contribution in [0.15, 0.2) is 65.8 Å². The van der Waals surface area contributed by atoms with Gasteiger partial charge in [-0.3, -0.25) is 4.79 Å². The molecule has 0 saturated heterocycles. The Labute approximate surface area is 168 Å². The molecular formula is C21H22N7O+. The molecule has 0 bridgehead atoms. The lowest BCUT2D eigenvalue weighted by molar-refractivity contribution is 0.100. The summed E-state index contributed by atoms with van der Waals surface area (Å²) < 4.78 is -0.205. The van der Waals surface area contributed by atoms with Crippen molar-refractivity contribution in [1.29, 1.82) is 0 Å². The zero-order chi connectivity index (χ0) is 20.4. The molecule has 1 aromatic heterocycles. The number of quaternary nitrogens is 1. The highest BCUT2D eigenvalue weighted by atomic mass is 16.1. The molecule has 146 valence electrons. The van der Waals surface area contributed by atoms with E-state index in [1.807, 2.05) is 37.3 Å². The van der Waals surface area contributed by atoms with E-state index < -0.39 is 0 Å². The predicted octanol–water partition coefficient (Wildman–Crippen LogP) is 2.98. The number of hydrogen-bond acceptors (Lipinski definition) is 7. The van der Waals surface area contributed by atoms with Crippen LogP contribution in [0.5, 0.6) is 0 Å². The van der Waals surface area contributed by atoms with Crippen molar-refractivity contribution in [3.8, 4) is 0 Å². The molecule has 0 saturated carbocycles. The quantitative estimate of drug-likeness (QED) is 0.339. The second-order valence-electron chi connectivity index (χ2n) is 6.87. The van der Waals surface area contributed by atoms with Gasteiger partial charge in [-0.2, -0.15) is 15.8 Å². The first kappa shape index (κ1) is 18.9. The zero-order valence-electron chi connectivity index (χ0n) is 16.0. The number of rotatable bonds is 6. The van der Waals surface area contributed by atoms with Crippen LogP contribution in [0.25, 0.3) is 0 Å². The molecule has 8 heteroatoms. The number of aliphatic imine (C=N–C) groups is 1. The van der Waals surface area contributed by atoms with Crippen LogP contribution in [-0.4, -0.2) is 28.6 Å². The minimum absolute atomic E-state index is 0.0297. The Morgan fingerprint density at radius 3 is 2.72 bits per heavy atom. The Morgan fingerprint density at radius 1 is 1.17 bits per heavy atom. The molecular weight excluding hydrogens is 366 g/mol. The lowest BCUT2D eigenvalue weighted by Gasteiger charge is -2.23. The third kappa shape index (κ3) is 3.52. The van der Waals surface area contributed by atoms with Gasteiger partial charge in [0, 0.05) is 23.9 Å². The number of carbonyl (C=O) groups excluding carboxylic acids is 1. The van der Waals surface area contributed by atoms with Crippen molar-refractivity contribution >= 4 is 35.3 Å². The largest absolute Gasteiger partial charge is 0.348 e. The monoisotopic (exact) mass is 388 g/mol. The second kappa shape index (κ2) is 7.51. The van der Waals surface area contributed by atoms with Crippen molar-refractivity contribution in [2.45, 2.75) is 13.0 Å². The van der Waals surface area contributed by atoms with Gasteiger partial charge >= 0.3 is 0 Å². The Hall–Kier alpha value is -3.46. The Morgan fingerprint density at radius 2 is 1.97 bits per heavy atom. The van der Waals surface area contributed by atoms with E-state index in [2.05, 4.69) is 20.3 Å². The summed E-state index contributed by atoms with van der Waals surface area (Å²) in [5.74, 6) is 7.51. The fourth-order valence-corrected chi connectivity index (χ4v) is 3.27. The van der Waals surface area contributed by atoms with Crippen molar-refractivity contribution < 1.29 is 4.79 Å². The molecule has 5 N–H and O–H groups in total. The third-order valence-corrected chi connectivity index (χ3v) is 4.93. The molecule has 2 atom stereocenters. The first-order valence-corrected chi connectivity index (χ1v) is 9.27. The molecule has 0 aliphatic carbocycles. The predicted molar refractivity (Wildman–Crippen MR) is 114 cm³/mol. The number of ketones is 1. The van der Waals surface area contributed by atoms with E-state index in [0.29, 0.717) is 23.0 Å². The highest BCUT2D eigenvalue weighted by molar-refractivity contribution is 6.01. The molecule has 0 radical (unpaired) electrons. The molecule has 2 heterocycles. The van der Waals surface area contributed by atoms with Gasteiger partial charge < -0.3 is 11.1 Å². The maximum atomic E-state index is 11.9. The van der Waals surface area contributed by atoms with Crippen LogP contribution >= 0.6 is 0 Å². The number of nitrogens with zero attached hydrogens (tertiary/aromatic N) is 4. The molecule has 1 aliphatic rings. The average molecular weight is 388 g/mol. The highest BCUT2D eigenvalue weighted by Crippen LogP contribution is 2.41. The number of nitrogens with two attached hydrogens (primary N) is 2. The van der Waals surface area contributed by atoms with E-state index in [-0.39, 0.29) is 23.0 Å². The van der Waals surface area contributed by atoms with Gasteiger partial charge in [0.15, 0.2) is 11.5 Å². The number of benzene rings is 2. The zero-order valence-corrected chi connectivity index (χ0v) is 16.0. The van der Waals surface area contributed by atoms with Crippen molar-refractivity contribution in [3.63, 3.8) is 0 Å². The van der Waals surface area contributed by atoms with Crippen molar-refractivity contribution in [2.24, 2.45) is 16.6 Å². The summed E-state index contributed by atoms with van der Waals surface area (Å²) in [7, 11) is 0. The minimum atomic E-state index is -0.205. The van der Waals surface area contributed by atoms with Crippen LogP contribution in [-0.2, 0) is 0 Å². The number of fused-ring (bicyclic) bond motifs is 1. The van der Waals surface area contributed by atoms with Gasteiger partial charge in [0.2, 0.25) is 12.3 Å². The maximum Gasteiger partial charge on any atom is 0.263 e. The van der Waals surface area contributed by atoms with Crippen molar-refractivity contribution in [3.05, 3.63) is 71.9 Å². The molecule has 2 aromatic carbocycles. The molecule has 1 aliphatic heterocycles. The van der Waals surface area contributed by atoms with Gasteiger partial charge in [0.1, 0.15) is 5.69 Å². The number of Topliss-reactive ketones (excluding diaryl/α,β-unsaturated/α-hetero) is 1. The van der Waals surface area contributed by atoms with Crippen molar-refractivity contribution in [2.75, 3.05) is 11.9 Å². The van der Waals surface area contributed by atoms with Crippen LogP contribution in [0.3, 0.4) is 0 Å². The third-order valence-electron chi connectivity index (χ3n) is 4.93. The smallest absolute Gasteiger partial charge is 0.263 e. The van der Waals surface area contributed by atoms with Crippen LogP contribution in [0.1, 0.15) is 28.9 Å². The molecule has 4 rings (SSSR count). The minimum Gasteiger partial charge on any atom is -0.348 e. The van der Waals surface area contributed by atoms with Crippen LogP contribution in [0.2, 0.25) is 0 Å². The highest BCUT2D eigenvalue weighted by Gasteiger charge is 2.38. The SMILES string of the molecule is CC(Nc1nccc([N+]2(N)C=Nc3cc(C(=O)CN)ccc32)n1)c1ccccc1. The fraction of sp³-hybridized carbons (Fsp3) is 0.143. The standard InChI is InChI=1S/C21H22N7O/c1-14(15-5-3-2-4-6-15)26-21-24-10-9-20(27-21)28(23)13-25-17-11-16(19(29)12-22)7-8-18(17)28/h2-11,13-14H,12,22-23H2,1H3,(H,24,26,27)/q+1. The summed E-state index contributed by atoms with van der Waals surface area (Å²) in [5.41, 5.74) is 8.44. The first-order valence-electron chi connectivity index (χ1n) is 9.27. The van der Waals surface area contributed by atoms with Crippen LogP contribution < -0.4 is 21.5 Å². The lowest BCUT2D eigenvalue weighted by Crippen LogP contribution is -2.49. The fourth-order valence-electron chi connectivity index (χ4n) is 3.27. The van der Waals surface area contributed by atoms with Crippen molar-refractivity contribution in [1.82, 2.24) is 14.6 Å². The van der Waals surface area contributed by atoms with E-state index in [9.17, 15) is 4.79 Å². The number of hydrogen-bond donors (Lipinski definition) is 3. The number of aromatic nitrogens is 2. The Bertz CT molecular complexity index is 1080. The Kier molecular flexibility index (Phi) is 4.89. The number of nitrogens with one attached hydrogen (secondary N) is 1. The average Bonchev–Trinajstić information content (AvgIpc) is 3.11. The molecule has 0 fully saturated rings.